The average Bonchev–Trinajstić information content (AvgIpc) is 3.02. The van der Waals surface area contributed by atoms with Gasteiger partial charge in [0.1, 0.15) is 11.4 Å². The van der Waals surface area contributed by atoms with Crippen LogP contribution in [0.4, 0.5) is 9.18 Å². The third kappa shape index (κ3) is 5.06. The van der Waals surface area contributed by atoms with Crippen LogP contribution in [0.5, 0.6) is 0 Å². The number of alkyl carbamates (subject to hydrolysis) is 1. The third-order valence-corrected chi connectivity index (χ3v) is 9.26. The van der Waals surface area contributed by atoms with E-state index in [0.717, 1.165) is 34.2 Å². The van der Waals surface area contributed by atoms with Crippen LogP contribution in [-0.2, 0) is 28.7 Å². The number of aryl methyl sites for hydroxylation is 1. The molecule has 1 aliphatic heterocycles. The number of nitrogens with one attached hydrogen (secondary N) is 1. The Labute approximate surface area is 250 Å². The fraction of sp³-hybridized carbons (Fsp3) is 0.394. The minimum absolute atomic E-state index is 0.0113. The first-order valence-corrected chi connectivity index (χ1v) is 14.8. The summed E-state index contributed by atoms with van der Waals surface area (Å²) in [5, 5.41) is 15.9. The Hall–Kier alpha value is -3.46. The van der Waals surface area contributed by atoms with E-state index in [2.05, 4.69) is 24.4 Å². The maximum atomic E-state index is 15.0. The van der Waals surface area contributed by atoms with Crippen molar-refractivity contribution in [3.63, 3.8) is 0 Å². The Morgan fingerprint density at radius 2 is 1.98 bits per heavy atom. The van der Waals surface area contributed by atoms with E-state index < -0.39 is 28.8 Å². The molecule has 1 saturated heterocycles. The summed E-state index contributed by atoms with van der Waals surface area (Å²) in [5.41, 5.74) is 8.68. The molecular weight excluding hydrogens is 557 g/mol. The molecule has 1 aliphatic carbocycles. The van der Waals surface area contributed by atoms with Crippen molar-refractivity contribution in [1.29, 1.82) is 0 Å². The summed E-state index contributed by atoms with van der Waals surface area (Å²) in [6, 6.07) is 16.4. The largest absolute Gasteiger partial charge is 0.453 e. The van der Waals surface area contributed by atoms with Crippen molar-refractivity contribution in [2.75, 3.05) is 26.7 Å². The first-order valence-electron chi connectivity index (χ1n) is 14.4. The van der Waals surface area contributed by atoms with Crippen LogP contribution < -0.4 is 11.1 Å². The van der Waals surface area contributed by atoms with E-state index in [9.17, 15) is 19.1 Å². The standard InChI is InChI=1S/C33H37ClFN3O4/c1-3-21-7-4-8-23(17-21)28-26(34)12-11-25-29(28)33(41,14-5-15-37-31(40)42-2)32(25)13-6-16-38(20-32)30(39)24-10-9-22(19-36)18-27(24)35/h4,7-12,17-18,41H,3,5-6,13-16,19-20,36H2,1-2H3,(H,37,40)/t32-,33-/m1/s1. The molecule has 0 radical (unpaired) electrons. The number of hydrogen-bond donors (Lipinski definition) is 3. The van der Waals surface area contributed by atoms with Crippen molar-refractivity contribution >= 4 is 23.6 Å². The van der Waals surface area contributed by atoms with E-state index in [1.807, 2.05) is 24.3 Å². The Morgan fingerprint density at radius 3 is 2.69 bits per heavy atom. The summed E-state index contributed by atoms with van der Waals surface area (Å²) in [6.07, 6.45) is 2.40. The van der Waals surface area contributed by atoms with Crippen LogP contribution >= 0.6 is 11.6 Å². The zero-order valence-corrected chi connectivity index (χ0v) is 24.8. The molecule has 2 atom stereocenters. The van der Waals surface area contributed by atoms with Gasteiger partial charge in [0, 0.05) is 42.2 Å². The summed E-state index contributed by atoms with van der Waals surface area (Å²) in [7, 11) is 1.30. The summed E-state index contributed by atoms with van der Waals surface area (Å²) in [4.78, 5) is 27.0. The van der Waals surface area contributed by atoms with Gasteiger partial charge in [-0.15, -0.1) is 0 Å². The van der Waals surface area contributed by atoms with E-state index in [1.54, 1.807) is 11.0 Å². The van der Waals surface area contributed by atoms with Crippen LogP contribution in [0, 0.1) is 5.82 Å². The highest BCUT2D eigenvalue weighted by Gasteiger charge is 2.64. The Kier molecular flexibility index (Phi) is 8.60. The molecule has 4 N–H and O–H groups in total. The first kappa shape index (κ1) is 30.0. The number of nitrogens with zero attached hydrogens (tertiary/aromatic N) is 1. The molecule has 0 saturated carbocycles. The topological polar surface area (TPSA) is 105 Å². The van der Waals surface area contributed by atoms with E-state index in [4.69, 9.17) is 22.1 Å². The zero-order valence-electron chi connectivity index (χ0n) is 24.0. The number of aliphatic hydroxyl groups is 1. The van der Waals surface area contributed by atoms with Gasteiger partial charge in [0.05, 0.1) is 12.7 Å². The van der Waals surface area contributed by atoms with Gasteiger partial charge in [0.2, 0.25) is 0 Å². The molecule has 9 heteroatoms. The number of halogens is 2. The Bertz CT molecular complexity index is 1510. The molecule has 3 aromatic carbocycles. The molecule has 222 valence electrons. The molecule has 42 heavy (non-hydrogen) atoms. The summed E-state index contributed by atoms with van der Waals surface area (Å²) in [5.74, 6) is -1.02. The number of benzene rings is 3. The summed E-state index contributed by atoms with van der Waals surface area (Å²) >= 11 is 6.84. The van der Waals surface area contributed by atoms with Crippen molar-refractivity contribution in [3.8, 4) is 11.1 Å². The van der Waals surface area contributed by atoms with Crippen molar-refractivity contribution in [1.82, 2.24) is 10.2 Å². The van der Waals surface area contributed by atoms with Crippen LogP contribution in [0.2, 0.25) is 5.02 Å². The number of fused-ring (bicyclic) bond motifs is 2. The molecule has 3 aromatic rings. The van der Waals surface area contributed by atoms with Gasteiger partial charge in [-0.05, 0) is 78.1 Å². The minimum atomic E-state index is -1.34. The summed E-state index contributed by atoms with van der Waals surface area (Å²) < 4.78 is 19.7. The number of likely N-dealkylation sites (tertiary alicyclic amines) is 1. The molecule has 1 heterocycles. The molecule has 1 spiro atoms. The minimum Gasteiger partial charge on any atom is -0.453 e. The fourth-order valence-electron chi connectivity index (χ4n) is 6.82. The number of methoxy groups -OCH3 is 1. The second-order valence-electron chi connectivity index (χ2n) is 11.2. The molecule has 2 amide bonds. The van der Waals surface area contributed by atoms with Gasteiger partial charge >= 0.3 is 6.09 Å². The predicted molar refractivity (Wildman–Crippen MR) is 161 cm³/mol. The lowest BCUT2D eigenvalue weighted by molar-refractivity contribution is -0.109. The molecular formula is C33H37ClFN3O4. The Morgan fingerprint density at radius 1 is 1.17 bits per heavy atom. The zero-order chi connectivity index (χ0) is 30.1. The number of nitrogens with two attached hydrogens (primary N) is 1. The van der Waals surface area contributed by atoms with Crippen LogP contribution in [0.1, 0.15) is 65.2 Å². The van der Waals surface area contributed by atoms with Crippen LogP contribution in [0.3, 0.4) is 0 Å². The number of amides is 2. The van der Waals surface area contributed by atoms with Gasteiger partial charge in [-0.2, -0.15) is 0 Å². The number of carbonyl (C=O) groups is 2. The smallest absolute Gasteiger partial charge is 0.406 e. The number of hydrogen-bond acceptors (Lipinski definition) is 5. The number of ether oxygens (including phenoxy) is 1. The van der Waals surface area contributed by atoms with E-state index in [1.165, 1.54) is 19.2 Å². The van der Waals surface area contributed by atoms with E-state index >= 15 is 0 Å². The number of piperidine rings is 1. The lowest BCUT2D eigenvalue weighted by Gasteiger charge is -2.62. The highest BCUT2D eigenvalue weighted by Crippen LogP contribution is 2.64. The molecule has 0 unspecified atom stereocenters. The molecule has 1 fully saturated rings. The predicted octanol–water partition coefficient (Wildman–Crippen LogP) is 5.68. The SMILES string of the molecule is CCc1cccc(-c2c(Cl)ccc3c2[C@](O)(CCCNC(=O)OC)[C@@]32CCCN(C(=O)c3ccc(CN)cc3F)C2)c1. The van der Waals surface area contributed by atoms with Crippen molar-refractivity contribution < 1.29 is 23.8 Å². The summed E-state index contributed by atoms with van der Waals surface area (Å²) in [6.45, 7) is 3.26. The second kappa shape index (κ2) is 12.0. The molecule has 7 nitrogen and oxygen atoms in total. The highest BCUT2D eigenvalue weighted by atomic mass is 35.5. The lowest BCUT2D eigenvalue weighted by Crippen LogP contribution is -2.66. The van der Waals surface area contributed by atoms with Crippen LogP contribution in [-0.4, -0.2) is 48.8 Å². The molecule has 5 rings (SSSR count). The van der Waals surface area contributed by atoms with Gasteiger partial charge in [0.15, 0.2) is 0 Å². The maximum Gasteiger partial charge on any atom is 0.406 e. The molecule has 0 bridgehead atoms. The molecule has 2 aliphatic rings. The van der Waals surface area contributed by atoms with Gasteiger partial charge in [-0.1, -0.05) is 54.9 Å². The normalized spacial score (nSPS) is 21.0. The highest BCUT2D eigenvalue weighted by molar-refractivity contribution is 6.33. The molecule has 0 aromatic heterocycles. The van der Waals surface area contributed by atoms with Gasteiger partial charge in [-0.3, -0.25) is 4.79 Å². The number of rotatable bonds is 8. The van der Waals surface area contributed by atoms with Crippen molar-refractivity contribution in [3.05, 3.63) is 93.3 Å². The average molecular weight is 594 g/mol. The second-order valence-corrected chi connectivity index (χ2v) is 11.6. The van der Waals surface area contributed by atoms with E-state index in [0.29, 0.717) is 49.4 Å². The van der Waals surface area contributed by atoms with Crippen LogP contribution in [0.15, 0.2) is 54.6 Å². The van der Waals surface area contributed by atoms with Gasteiger partial charge in [0.25, 0.3) is 5.91 Å². The third-order valence-electron chi connectivity index (χ3n) is 8.95. The van der Waals surface area contributed by atoms with Crippen LogP contribution in [0.25, 0.3) is 11.1 Å². The monoisotopic (exact) mass is 593 g/mol. The van der Waals surface area contributed by atoms with Crippen molar-refractivity contribution in [2.45, 2.75) is 56.6 Å². The van der Waals surface area contributed by atoms with Gasteiger partial charge < -0.3 is 25.8 Å². The Balaban J connectivity index is 1.56. The lowest BCUT2D eigenvalue weighted by atomic mass is 9.47. The number of carbonyl (C=O) groups excluding carboxylic acids is 2. The quantitative estimate of drug-likeness (QED) is 0.292. The maximum absolute atomic E-state index is 15.0. The first-order chi connectivity index (χ1) is 20.2. The van der Waals surface area contributed by atoms with Gasteiger partial charge in [-0.25, -0.2) is 9.18 Å². The van der Waals surface area contributed by atoms with Crippen molar-refractivity contribution in [2.24, 2.45) is 5.73 Å². The fourth-order valence-corrected chi connectivity index (χ4v) is 7.09. The van der Waals surface area contributed by atoms with E-state index in [-0.39, 0.29) is 18.7 Å².